The molecule has 21 heavy (non-hydrogen) atoms. The van der Waals surface area contributed by atoms with Gasteiger partial charge in [-0.2, -0.15) is 5.10 Å². The molecule has 1 aliphatic rings. The number of aryl methyl sites for hydroxylation is 2. The van der Waals surface area contributed by atoms with Crippen LogP contribution >= 0.6 is 0 Å². The summed E-state index contributed by atoms with van der Waals surface area (Å²) in [5, 5.41) is 10.5. The number of nitrogens with one attached hydrogen (secondary N) is 2. The fourth-order valence-electron chi connectivity index (χ4n) is 2.32. The zero-order valence-electron chi connectivity index (χ0n) is 12.8. The van der Waals surface area contributed by atoms with E-state index in [1.54, 1.807) is 0 Å². The second kappa shape index (κ2) is 6.31. The zero-order chi connectivity index (χ0) is 14.7. The van der Waals surface area contributed by atoms with Gasteiger partial charge in [-0.15, -0.1) is 0 Å². The Bertz CT molecular complexity index is 602. The molecule has 0 bridgehead atoms. The lowest BCUT2D eigenvalue weighted by Gasteiger charge is -2.13. The first-order valence-electron chi connectivity index (χ1n) is 7.64. The molecule has 0 unspecified atom stereocenters. The van der Waals surface area contributed by atoms with E-state index in [-0.39, 0.29) is 0 Å². The highest BCUT2D eigenvalue weighted by Gasteiger charge is 2.22. The molecule has 1 heterocycles. The summed E-state index contributed by atoms with van der Waals surface area (Å²) in [6.45, 7) is 6.64. The molecular formula is C17H23N3O. The van der Waals surface area contributed by atoms with Gasteiger partial charge in [-0.05, 0) is 44.2 Å². The summed E-state index contributed by atoms with van der Waals surface area (Å²) in [7, 11) is 0. The van der Waals surface area contributed by atoms with Crippen molar-refractivity contribution in [3.8, 4) is 5.75 Å². The molecule has 1 saturated carbocycles. The van der Waals surface area contributed by atoms with Crippen LogP contribution in [0.4, 0.5) is 0 Å². The molecule has 0 saturated heterocycles. The maximum Gasteiger partial charge on any atom is 0.124 e. The number of aromatic amines is 1. The van der Waals surface area contributed by atoms with Crippen LogP contribution in [0.2, 0.25) is 0 Å². The van der Waals surface area contributed by atoms with Gasteiger partial charge in [0.05, 0.1) is 12.8 Å². The predicted molar refractivity (Wildman–Crippen MR) is 83.3 cm³/mol. The largest absolute Gasteiger partial charge is 0.493 e. The smallest absolute Gasteiger partial charge is 0.124 e. The van der Waals surface area contributed by atoms with E-state index in [4.69, 9.17) is 4.74 Å². The van der Waals surface area contributed by atoms with Gasteiger partial charge >= 0.3 is 0 Å². The van der Waals surface area contributed by atoms with E-state index in [0.29, 0.717) is 0 Å². The summed E-state index contributed by atoms with van der Waals surface area (Å²) in [4.78, 5) is 0. The number of benzene rings is 1. The monoisotopic (exact) mass is 285 g/mol. The third-order valence-corrected chi connectivity index (χ3v) is 3.96. The molecule has 3 rings (SSSR count). The third kappa shape index (κ3) is 3.85. The standard InChI is InChI=1S/C17H23N3O/c1-12-3-6-15(17(7-12)21-11-14-4-5-14)8-18-9-16-10-19-20-13(16)2/h3,6-7,10,14,18H,4-5,8-9,11H2,1-2H3,(H,19,20). The molecule has 1 aromatic heterocycles. The first-order chi connectivity index (χ1) is 10.2. The fraction of sp³-hybridized carbons (Fsp3) is 0.471. The Labute approximate surface area is 125 Å². The number of hydrogen-bond donors (Lipinski definition) is 2. The minimum Gasteiger partial charge on any atom is -0.493 e. The quantitative estimate of drug-likeness (QED) is 0.822. The average Bonchev–Trinajstić information content (AvgIpc) is 3.21. The fourth-order valence-corrected chi connectivity index (χ4v) is 2.32. The van der Waals surface area contributed by atoms with Crippen LogP contribution < -0.4 is 10.1 Å². The zero-order valence-corrected chi connectivity index (χ0v) is 12.8. The van der Waals surface area contributed by atoms with Crippen molar-refractivity contribution in [3.05, 3.63) is 46.8 Å². The topological polar surface area (TPSA) is 49.9 Å². The molecule has 1 aromatic carbocycles. The molecule has 2 N–H and O–H groups in total. The van der Waals surface area contributed by atoms with Gasteiger partial charge in [0.15, 0.2) is 0 Å². The van der Waals surface area contributed by atoms with Crippen LogP contribution in [-0.4, -0.2) is 16.8 Å². The summed E-state index contributed by atoms with van der Waals surface area (Å²) in [6.07, 6.45) is 4.51. The molecule has 0 atom stereocenters. The maximum absolute atomic E-state index is 5.99. The van der Waals surface area contributed by atoms with Crippen LogP contribution in [0.3, 0.4) is 0 Å². The molecule has 4 nitrogen and oxygen atoms in total. The Morgan fingerprint density at radius 2 is 2.05 bits per heavy atom. The Hall–Kier alpha value is -1.81. The molecule has 0 aliphatic heterocycles. The summed E-state index contributed by atoms with van der Waals surface area (Å²) < 4.78 is 5.99. The Kier molecular flexibility index (Phi) is 4.25. The number of hydrogen-bond acceptors (Lipinski definition) is 3. The number of rotatable bonds is 7. The highest BCUT2D eigenvalue weighted by atomic mass is 16.5. The summed E-state index contributed by atoms with van der Waals surface area (Å²) >= 11 is 0. The van der Waals surface area contributed by atoms with Crippen molar-refractivity contribution >= 4 is 0 Å². The first-order valence-corrected chi connectivity index (χ1v) is 7.64. The highest BCUT2D eigenvalue weighted by Crippen LogP contribution is 2.30. The summed E-state index contributed by atoms with van der Waals surface area (Å²) in [5.74, 6) is 1.80. The van der Waals surface area contributed by atoms with Crippen LogP contribution in [0.25, 0.3) is 0 Å². The molecule has 1 fully saturated rings. The molecule has 0 spiro atoms. The van der Waals surface area contributed by atoms with Gasteiger partial charge < -0.3 is 10.1 Å². The number of ether oxygens (including phenoxy) is 1. The van der Waals surface area contributed by atoms with E-state index in [1.165, 1.54) is 29.5 Å². The lowest BCUT2D eigenvalue weighted by atomic mass is 10.1. The van der Waals surface area contributed by atoms with Crippen molar-refractivity contribution in [2.24, 2.45) is 5.92 Å². The molecule has 4 heteroatoms. The predicted octanol–water partition coefficient (Wildman–Crippen LogP) is 3.11. The van der Waals surface area contributed by atoms with E-state index >= 15 is 0 Å². The normalized spacial score (nSPS) is 14.4. The SMILES string of the molecule is Cc1ccc(CNCc2cn[nH]c2C)c(OCC2CC2)c1. The van der Waals surface area contributed by atoms with E-state index in [2.05, 4.69) is 40.6 Å². The van der Waals surface area contributed by atoms with Gasteiger partial charge in [0.25, 0.3) is 0 Å². The van der Waals surface area contributed by atoms with Crippen molar-refractivity contribution < 1.29 is 4.74 Å². The summed E-state index contributed by atoms with van der Waals surface area (Å²) in [6, 6.07) is 6.44. The molecule has 0 amide bonds. The van der Waals surface area contributed by atoms with Crippen LogP contribution in [0.15, 0.2) is 24.4 Å². The van der Waals surface area contributed by atoms with Crippen LogP contribution in [0.5, 0.6) is 5.75 Å². The van der Waals surface area contributed by atoms with Gasteiger partial charge in [-0.3, -0.25) is 5.10 Å². The van der Waals surface area contributed by atoms with Crippen molar-refractivity contribution in [2.75, 3.05) is 6.61 Å². The van der Waals surface area contributed by atoms with Crippen molar-refractivity contribution in [1.82, 2.24) is 15.5 Å². The molecule has 2 aromatic rings. The van der Waals surface area contributed by atoms with E-state index in [9.17, 15) is 0 Å². The van der Waals surface area contributed by atoms with Crippen molar-refractivity contribution in [2.45, 2.75) is 39.8 Å². The summed E-state index contributed by atoms with van der Waals surface area (Å²) in [5.41, 5.74) is 4.80. The Balaban J connectivity index is 1.59. The van der Waals surface area contributed by atoms with E-state index < -0.39 is 0 Å². The van der Waals surface area contributed by atoms with Gasteiger partial charge in [0.1, 0.15) is 5.75 Å². The van der Waals surface area contributed by atoms with Crippen LogP contribution in [-0.2, 0) is 13.1 Å². The average molecular weight is 285 g/mol. The van der Waals surface area contributed by atoms with Crippen LogP contribution in [0.1, 0.15) is 35.2 Å². The molecule has 0 radical (unpaired) electrons. The minimum absolute atomic E-state index is 0.778. The lowest BCUT2D eigenvalue weighted by molar-refractivity contribution is 0.296. The van der Waals surface area contributed by atoms with Crippen molar-refractivity contribution in [3.63, 3.8) is 0 Å². The van der Waals surface area contributed by atoms with Gasteiger partial charge in [0, 0.05) is 29.9 Å². The Morgan fingerprint density at radius 3 is 2.76 bits per heavy atom. The minimum atomic E-state index is 0.778. The lowest BCUT2D eigenvalue weighted by Crippen LogP contribution is -2.14. The van der Waals surface area contributed by atoms with E-state index in [1.807, 2.05) is 13.1 Å². The molecule has 112 valence electrons. The van der Waals surface area contributed by atoms with Gasteiger partial charge in [-0.25, -0.2) is 0 Å². The maximum atomic E-state index is 5.99. The Morgan fingerprint density at radius 1 is 1.24 bits per heavy atom. The number of nitrogens with zero attached hydrogens (tertiary/aromatic N) is 1. The second-order valence-corrected chi connectivity index (χ2v) is 5.99. The highest BCUT2D eigenvalue weighted by molar-refractivity contribution is 5.37. The third-order valence-electron chi connectivity index (χ3n) is 3.96. The van der Waals surface area contributed by atoms with E-state index in [0.717, 1.165) is 37.1 Å². The number of H-pyrrole nitrogens is 1. The number of aromatic nitrogens is 2. The van der Waals surface area contributed by atoms with Crippen LogP contribution in [0, 0.1) is 19.8 Å². The molecule has 1 aliphatic carbocycles. The first kappa shape index (κ1) is 14.1. The van der Waals surface area contributed by atoms with Crippen molar-refractivity contribution in [1.29, 1.82) is 0 Å². The molecular weight excluding hydrogens is 262 g/mol. The van der Waals surface area contributed by atoms with Gasteiger partial charge in [0.2, 0.25) is 0 Å². The second-order valence-electron chi connectivity index (χ2n) is 5.99. The van der Waals surface area contributed by atoms with Gasteiger partial charge in [-0.1, -0.05) is 12.1 Å².